The van der Waals surface area contributed by atoms with Gasteiger partial charge in [0.1, 0.15) is 0 Å². The lowest BCUT2D eigenvalue weighted by atomic mass is 9.86. The van der Waals surface area contributed by atoms with E-state index in [0.29, 0.717) is 37.6 Å². The van der Waals surface area contributed by atoms with E-state index in [4.69, 9.17) is 9.47 Å². The fraction of sp³-hybridized carbons (Fsp3) is 0.652. The first kappa shape index (κ1) is 21.5. The van der Waals surface area contributed by atoms with Crippen molar-refractivity contribution in [1.82, 2.24) is 9.80 Å². The van der Waals surface area contributed by atoms with E-state index >= 15 is 0 Å². The molecule has 160 valence electrons. The number of rotatable bonds is 7. The topological polar surface area (TPSA) is 59.1 Å². The van der Waals surface area contributed by atoms with Crippen LogP contribution in [0.2, 0.25) is 0 Å². The van der Waals surface area contributed by atoms with Gasteiger partial charge in [-0.3, -0.25) is 9.59 Å². The number of amides is 2. The van der Waals surface area contributed by atoms with Crippen molar-refractivity contribution in [3.8, 4) is 11.5 Å². The van der Waals surface area contributed by atoms with Gasteiger partial charge in [0.25, 0.3) is 5.91 Å². The molecule has 1 aliphatic heterocycles. The van der Waals surface area contributed by atoms with Crippen LogP contribution in [0.5, 0.6) is 11.5 Å². The normalized spacial score (nSPS) is 18.2. The molecule has 3 rings (SSSR count). The molecule has 0 unspecified atom stereocenters. The lowest BCUT2D eigenvalue weighted by Crippen LogP contribution is -2.39. The summed E-state index contributed by atoms with van der Waals surface area (Å²) in [5, 5.41) is 0. The van der Waals surface area contributed by atoms with Gasteiger partial charge >= 0.3 is 0 Å². The summed E-state index contributed by atoms with van der Waals surface area (Å²) in [6.45, 7) is 2.57. The van der Waals surface area contributed by atoms with E-state index in [9.17, 15) is 9.59 Å². The molecule has 2 aliphatic rings. The summed E-state index contributed by atoms with van der Waals surface area (Å²) in [5.74, 6) is 2.11. The zero-order valence-corrected chi connectivity index (χ0v) is 17.6. The fourth-order valence-corrected chi connectivity index (χ4v) is 4.35. The van der Waals surface area contributed by atoms with Gasteiger partial charge < -0.3 is 19.3 Å². The molecular formula is C23H34N2O4. The van der Waals surface area contributed by atoms with Crippen LogP contribution in [0.25, 0.3) is 0 Å². The summed E-state index contributed by atoms with van der Waals surface area (Å²) in [6, 6.07) is 7.32. The van der Waals surface area contributed by atoms with Gasteiger partial charge in [-0.25, -0.2) is 0 Å². The highest BCUT2D eigenvalue weighted by Crippen LogP contribution is 2.28. The summed E-state index contributed by atoms with van der Waals surface area (Å²) < 4.78 is 10.9. The number of benzene rings is 1. The first-order chi connectivity index (χ1) is 14.2. The minimum Gasteiger partial charge on any atom is -0.493 e. The van der Waals surface area contributed by atoms with Gasteiger partial charge in [-0.2, -0.15) is 0 Å². The van der Waals surface area contributed by atoms with Crippen LogP contribution in [0.15, 0.2) is 24.3 Å². The van der Waals surface area contributed by atoms with Crippen LogP contribution in [0.1, 0.15) is 51.4 Å². The SMILES string of the molecule is COc1ccccc1OCC(=O)N1CCCN(C(=O)CCC2CCCCC2)CC1. The van der Waals surface area contributed by atoms with Crippen molar-refractivity contribution in [2.75, 3.05) is 39.9 Å². The highest BCUT2D eigenvalue weighted by atomic mass is 16.5. The quantitative estimate of drug-likeness (QED) is 0.700. The van der Waals surface area contributed by atoms with Crippen LogP contribution in [0.4, 0.5) is 0 Å². The van der Waals surface area contributed by atoms with Gasteiger partial charge in [0.2, 0.25) is 5.91 Å². The molecule has 29 heavy (non-hydrogen) atoms. The van der Waals surface area contributed by atoms with Crippen LogP contribution in [-0.4, -0.2) is 61.5 Å². The molecule has 1 aromatic carbocycles. The van der Waals surface area contributed by atoms with E-state index in [1.165, 1.54) is 32.1 Å². The molecule has 2 amide bonds. The predicted octanol–water partition coefficient (Wildman–Crippen LogP) is 3.50. The molecule has 0 N–H and O–H groups in total. The van der Waals surface area contributed by atoms with Crippen molar-refractivity contribution < 1.29 is 19.1 Å². The second-order valence-corrected chi connectivity index (χ2v) is 8.10. The van der Waals surface area contributed by atoms with Crippen LogP contribution in [0, 0.1) is 5.92 Å². The summed E-state index contributed by atoms with van der Waals surface area (Å²) in [7, 11) is 1.58. The Morgan fingerprint density at radius 1 is 0.897 bits per heavy atom. The number of carbonyl (C=O) groups excluding carboxylic acids is 2. The maximum Gasteiger partial charge on any atom is 0.260 e. The molecule has 1 aliphatic carbocycles. The first-order valence-electron chi connectivity index (χ1n) is 11.0. The monoisotopic (exact) mass is 402 g/mol. The Morgan fingerprint density at radius 3 is 2.24 bits per heavy atom. The van der Waals surface area contributed by atoms with Crippen molar-refractivity contribution in [3.05, 3.63) is 24.3 Å². The number of hydrogen-bond donors (Lipinski definition) is 0. The zero-order valence-electron chi connectivity index (χ0n) is 17.6. The third kappa shape index (κ3) is 6.38. The van der Waals surface area contributed by atoms with Gasteiger partial charge in [0, 0.05) is 32.6 Å². The molecule has 2 fully saturated rings. The lowest BCUT2D eigenvalue weighted by molar-refractivity contribution is -0.135. The van der Waals surface area contributed by atoms with Crippen LogP contribution < -0.4 is 9.47 Å². The van der Waals surface area contributed by atoms with Crippen LogP contribution >= 0.6 is 0 Å². The smallest absolute Gasteiger partial charge is 0.260 e. The Morgan fingerprint density at radius 2 is 1.55 bits per heavy atom. The number of carbonyl (C=O) groups is 2. The second-order valence-electron chi connectivity index (χ2n) is 8.10. The lowest BCUT2D eigenvalue weighted by Gasteiger charge is -2.24. The van der Waals surface area contributed by atoms with E-state index in [1.54, 1.807) is 13.2 Å². The molecule has 0 bridgehead atoms. The van der Waals surface area contributed by atoms with E-state index in [0.717, 1.165) is 25.3 Å². The van der Waals surface area contributed by atoms with Crippen LogP contribution in [0.3, 0.4) is 0 Å². The van der Waals surface area contributed by atoms with Crippen molar-refractivity contribution in [3.63, 3.8) is 0 Å². The number of hydrogen-bond acceptors (Lipinski definition) is 4. The van der Waals surface area contributed by atoms with Gasteiger partial charge in [0.15, 0.2) is 18.1 Å². The van der Waals surface area contributed by atoms with E-state index in [1.807, 2.05) is 28.0 Å². The average molecular weight is 403 g/mol. The minimum atomic E-state index is -0.0487. The van der Waals surface area contributed by atoms with Crippen LogP contribution in [-0.2, 0) is 9.59 Å². The first-order valence-corrected chi connectivity index (χ1v) is 11.0. The fourth-order valence-electron chi connectivity index (χ4n) is 4.35. The Hall–Kier alpha value is -2.24. The van der Waals surface area contributed by atoms with E-state index in [2.05, 4.69) is 0 Å². The van der Waals surface area contributed by atoms with E-state index < -0.39 is 0 Å². The summed E-state index contributed by atoms with van der Waals surface area (Å²) in [5.41, 5.74) is 0. The van der Waals surface area contributed by atoms with Gasteiger partial charge in [-0.1, -0.05) is 44.2 Å². The summed E-state index contributed by atoms with van der Waals surface area (Å²) in [4.78, 5) is 29.0. The third-order valence-corrected chi connectivity index (χ3v) is 6.11. The minimum absolute atomic E-state index is 0.0179. The molecule has 0 atom stereocenters. The maximum atomic E-state index is 12.6. The molecule has 1 aromatic rings. The van der Waals surface area contributed by atoms with Gasteiger partial charge in [-0.15, -0.1) is 0 Å². The van der Waals surface area contributed by atoms with Gasteiger partial charge in [0.05, 0.1) is 7.11 Å². The molecule has 0 radical (unpaired) electrons. The summed E-state index contributed by atoms with van der Waals surface area (Å²) >= 11 is 0. The molecule has 6 nitrogen and oxygen atoms in total. The molecule has 0 aromatic heterocycles. The molecule has 6 heteroatoms. The third-order valence-electron chi connectivity index (χ3n) is 6.11. The number of para-hydroxylation sites is 2. The molecule has 1 saturated heterocycles. The zero-order chi connectivity index (χ0) is 20.5. The highest BCUT2D eigenvalue weighted by Gasteiger charge is 2.23. The van der Waals surface area contributed by atoms with Crippen molar-refractivity contribution in [2.45, 2.75) is 51.4 Å². The molecule has 0 spiro atoms. The largest absolute Gasteiger partial charge is 0.493 e. The molecule has 1 heterocycles. The van der Waals surface area contributed by atoms with E-state index in [-0.39, 0.29) is 18.4 Å². The molecule has 1 saturated carbocycles. The Labute approximate surface area is 174 Å². The Kier molecular flexibility index (Phi) is 8.20. The second kappa shape index (κ2) is 11.1. The summed E-state index contributed by atoms with van der Waals surface area (Å²) in [6.07, 6.45) is 9.02. The average Bonchev–Trinajstić information content (AvgIpc) is 3.03. The van der Waals surface area contributed by atoms with Crippen molar-refractivity contribution in [1.29, 1.82) is 0 Å². The standard InChI is InChI=1S/C23H34N2O4/c1-28-20-10-5-6-11-21(20)29-18-23(27)25-15-7-14-24(16-17-25)22(26)13-12-19-8-3-2-4-9-19/h5-6,10-11,19H,2-4,7-9,12-18H2,1H3. The predicted molar refractivity (Wildman–Crippen MR) is 112 cm³/mol. The molecular weight excluding hydrogens is 368 g/mol. The maximum absolute atomic E-state index is 12.6. The van der Waals surface area contributed by atoms with Gasteiger partial charge in [-0.05, 0) is 30.9 Å². The Bertz CT molecular complexity index is 673. The number of ether oxygens (including phenoxy) is 2. The number of nitrogens with zero attached hydrogens (tertiary/aromatic N) is 2. The van der Waals surface area contributed by atoms with Crippen molar-refractivity contribution in [2.24, 2.45) is 5.92 Å². The Balaban J connectivity index is 1.42. The number of methoxy groups -OCH3 is 1. The highest BCUT2D eigenvalue weighted by molar-refractivity contribution is 5.78. The van der Waals surface area contributed by atoms with Crippen molar-refractivity contribution >= 4 is 11.8 Å².